The van der Waals surface area contributed by atoms with Gasteiger partial charge < -0.3 is 14.3 Å². The summed E-state index contributed by atoms with van der Waals surface area (Å²) < 4.78 is 42.5. The number of aliphatic carboxylic acids is 1. The molecule has 1 heterocycles. The summed E-state index contributed by atoms with van der Waals surface area (Å²) in [5, 5.41) is 17.2. The van der Waals surface area contributed by atoms with E-state index in [2.05, 4.69) is 10.2 Å². The van der Waals surface area contributed by atoms with E-state index in [1.54, 1.807) is 0 Å². The maximum Gasteiger partial charge on any atom is 1.00 e. The first kappa shape index (κ1) is 17.3. The number of benzene rings is 1. The smallest absolute Gasteiger partial charge is 0.550 e. The molecule has 1 aromatic carbocycles. The van der Waals surface area contributed by atoms with Gasteiger partial charge in [0.2, 0.25) is 11.8 Å². The second kappa shape index (κ2) is 6.81. The van der Waals surface area contributed by atoms with Crippen LogP contribution < -0.4 is 56.5 Å². The zero-order valence-corrected chi connectivity index (χ0v) is 13.4. The third-order valence-electron chi connectivity index (χ3n) is 2.20. The van der Waals surface area contributed by atoms with Gasteiger partial charge in [-0.2, -0.15) is 13.2 Å². The van der Waals surface area contributed by atoms with E-state index < -0.39 is 24.1 Å². The predicted molar refractivity (Wildman–Crippen MR) is 53.4 cm³/mol. The van der Waals surface area contributed by atoms with Crippen molar-refractivity contribution in [3.63, 3.8) is 0 Å². The van der Waals surface area contributed by atoms with Crippen molar-refractivity contribution in [3.05, 3.63) is 35.7 Å². The maximum atomic E-state index is 12.5. The van der Waals surface area contributed by atoms with E-state index in [0.29, 0.717) is 0 Å². The second-order valence-corrected chi connectivity index (χ2v) is 3.63. The standard InChI is InChI=1S/C11H7F3N2O3.K/c12-11(13,14)7-3-1-2-6(4-7)10-16-15-8(19-10)5-9(17)18;/h1-4H,5H2,(H,17,18);/q;+1/p-1. The quantitative estimate of drug-likeness (QED) is 0.616. The summed E-state index contributed by atoms with van der Waals surface area (Å²) in [5.41, 5.74) is -0.795. The number of carbonyl (C=O) groups is 1. The number of rotatable bonds is 3. The van der Waals surface area contributed by atoms with Crippen LogP contribution in [0.1, 0.15) is 11.5 Å². The number of halogens is 3. The number of carboxylic acid groups (broad SMARTS) is 1. The topological polar surface area (TPSA) is 79.0 Å². The van der Waals surface area contributed by atoms with Gasteiger partial charge in [0.05, 0.1) is 18.0 Å². The summed E-state index contributed by atoms with van der Waals surface area (Å²) in [6, 6.07) is 4.30. The molecule has 2 rings (SSSR count). The Morgan fingerprint density at radius 1 is 1.30 bits per heavy atom. The van der Waals surface area contributed by atoms with Gasteiger partial charge in [-0.3, -0.25) is 0 Å². The van der Waals surface area contributed by atoms with E-state index in [-0.39, 0.29) is 68.7 Å². The van der Waals surface area contributed by atoms with E-state index in [0.717, 1.165) is 12.1 Å². The van der Waals surface area contributed by atoms with Crippen LogP contribution in [0, 0.1) is 0 Å². The molecule has 9 heteroatoms. The summed E-state index contributed by atoms with van der Waals surface area (Å²) in [7, 11) is 0. The van der Waals surface area contributed by atoms with Gasteiger partial charge >= 0.3 is 57.6 Å². The summed E-state index contributed by atoms with van der Waals surface area (Å²) in [6.45, 7) is 0. The largest absolute Gasteiger partial charge is 1.00 e. The molecule has 1 aromatic heterocycles. The van der Waals surface area contributed by atoms with Crippen LogP contribution in [0.4, 0.5) is 13.2 Å². The minimum Gasteiger partial charge on any atom is -0.550 e. The molecule has 5 nitrogen and oxygen atoms in total. The van der Waals surface area contributed by atoms with Crippen LogP contribution in [0.15, 0.2) is 28.7 Å². The molecule has 0 amide bonds. The van der Waals surface area contributed by atoms with Crippen molar-refractivity contribution in [2.24, 2.45) is 0 Å². The fourth-order valence-electron chi connectivity index (χ4n) is 1.39. The number of hydrogen-bond donors (Lipinski definition) is 0. The number of carboxylic acids is 1. The van der Waals surface area contributed by atoms with Crippen LogP contribution in [0.3, 0.4) is 0 Å². The van der Waals surface area contributed by atoms with E-state index in [1.807, 2.05) is 0 Å². The van der Waals surface area contributed by atoms with Crippen molar-refractivity contribution in [2.45, 2.75) is 12.6 Å². The van der Waals surface area contributed by atoms with Crippen LogP contribution in [0.25, 0.3) is 11.5 Å². The van der Waals surface area contributed by atoms with E-state index in [9.17, 15) is 23.1 Å². The first-order valence-electron chi connectivity index (χ1n) is 5.06. The van der Waals surface area contributed by atoms with Gasteiger partial charge in [-0.25, -0.2) is 0 Å². The van der Waals surface area contributed by atoms with Gasteiger partial charge in [0.1, 0.15) is 0 Å². The van der Waals surface area contributed by atoms with Gasteiger partial charge in [-0.15, -0.1) is 10.2 Å². The molecule has 20 heavy (non-hydrogen) atoms. The summed E-state index contributed by atoms with van der Waals surface area (Å²) in [4.78, 5) is 10.3. The molecule has 100 valence electrons. The molecule has 0 spiro atoms. The molecule has 0 aliphatic rings. The Bertz CT molecular complexity index is 613. The van der Waals surface area contributed by atoms with Gasteiger partial charge in [0.25, 0.3) is 0 Å². The minimum absolute atomic E-state index is 0. The Morgan fingerprint density at radius 3 is 2.60 bits per heavy atom. The van der Waals surface area contributed by atoms with Gasteiger partial charge in [0, 0.05) is 5.56 Å². The third kappa shape index (κ3) is 4.38. The van der Waals surface area contributed by atoms with Gasteiger partial charge in [0.15, 0.2) is 0 Å². The molecule has 0 bridgehead atoms. The van der Waals surface area contributed by atoms with Crippen LogP contribution >= 0.6 is 0 Å². The zero-order chi connectivity index (χ0) is 14.0. The van der Waals surface area contributed by atoms with Crippen LogP contribution in [0.5, 0.6) is 0 Å². The fourth-order valence-corrected chi connectivity index (χ4v) is 1.39. The molecule has 0 fully saturated rings. The molecular formula is C11H6F3KN2O3. The summed E-state index contributed by atoms with van der Waals surface area (Å²) in [6.07, 6.45) is -5.07. The van der Waals surface area contributed by atoms with E-state index >= 15 is 0 Å². The molecule has 0 aliphatic carbocycles. The number of hydrogen-bond acceptors (Lipinski definition) is 5. The molecule has 0 saturated heterocycles. The van der Waals surface area contributed by atoms with Crippen LogP contribution in [0.2, 0.25) is 0 Å². The number of carbonyl (C=O) groups excluding carboxylic acids is 1. The summed E-state index contributed by atoms with van der Waals surface area (Å²) in [5.74, 6) is -1.82. The van der Waals surface area contributed by atoms with Crippen molar-refractivity contribution >= 4 is 5.97 Å². The fraction of sp³-hybridized carbons (Fsp3) is 0.182. The number of aromatic nitrogens is 2. The Morgan fingerprint density at radius 2 is 2.00 bits per heavy atom. The van der Waals surface area contributed by atoms with E-state index in [1.165, 1.54) is 12.1 Å². The zero-order valence-electron chi connectivity index (χ0n) is 10.3. The van der Waals surface area contributed by atoms with Crippen LogP contribution in [-0.4, -0.2) is 16.2 Å². The van der Waals surface area contributed by atoms with Gasteiger partial charge in [-0.1, -0.05) is 6.07 Å². The number of nitrogens with zero attached hydrogens (tertiary/aromatic N) is 2. The minimum atomic E-state index is -4.48. The Hall–Kier alpha value is -0.744. The van der Waals surface area contributed by atoms with Crippen LogP contribution in [-0.2, 0) is 17.4 Å². The Labute approximate surface area is 153 Å². The summed E-state index contributed by atoms with van der Waals surface area (Å²) >= 11 is 0. The van der Waals surface area contributed by atoms with Crippen molar-refractivity contribution in [2.75, 3.05) is 0 Å². The predicted octanol–water partition coefficient (Wildman–Crippen LogP) is -1.95. The molecule has 0 N–H and O–H groups in total. The molecule has 2 aromatic rings. The SMILES string of the molecule is O=C([O-])Cc1nnc(-c2cccc(C(F)(F)F)c2)o1.[K+]. The first-order valence-corrected chi connectivity index (χ1v) is 5.06. The third-order valence-corrected chi connectivity index (χ3v) is 2.20. The molecule has 0 aliphatic heterocycles. The molecular weight excluding hydrogens is 304 g/mol. The number of alkyl halides is 3. The average Bonchev–Trinajstić information content (AvgIpc) is 2.76. The average molecular weight is 310 g/mol. The van der Waals surface area contributed by atoms with Crippen molar-refractivity contribution in [1.29, 1.82) is 0 Å². The first-order chi connectivity index (χ1) is 8.86. The molecule has 0 atom stereocenters. The van der Waals surface area contributed by atoms with Crippen molar-refractivity contribution < 1.29 is 78.9 Å². The second-order valence-electron chi connectivity index (χ2n) is 3.63. The maximum absolute atomic E-state index is 12.5. The Kier molecular flexibility index (Phi) is 5.89. The normalized spacial score (nSPS) is 10.9. The monoisotopic (exact) mass is 310 g/mol. The van der Waals surface area contributed by atoms with E-state index in [4.69, 9.17) is 4.42 Å². The molecule has 0 radical (unpaired) electrons. The molecule has 0 saturated carbocycles. The van der Waals surface area contributed by atoms with Gasteiger partial charge in [-0.05, 0) is 18.2 Å². The molecule has 0 unspecified atom stereocenters. The Balaban J connectivity index is 0.00000200. The van der Waals surface area contributed by atoms with Crippen molar-refractivity contribution in [1.82, 2.24) is 10.2 Å². The van der Waals surface area contributed by atoms with Crippen molar-refractivity contribution in [3.8, 4) is 11.5 Å².